The Bertz CT molecular complexity index is 879. The Balaban J connectivity index is 2.26. The SMILES string of the molecule is CCOc1ccc(/C=C(/C#N)C(=O)Nc2ccc(C)cc2C)cc1OC. The molecule has 5 heteroatoms. The number of anilines is 1. The Morgan fingerprint density at radius 1 is 1.19 bits per heavy atom. The molecule has 0 aliphatic heterocycles. The van der Waals surface area contributed by atoms with Crippen LogP contribution in [-0.2, 0) is 4.79 Å². The summed E-state index contributed by atoms with van der Waals surface area (Å²) in [5.41, 5.74) is 3.43. The van der Waals surface area contributed by atoms with E-state index < -0.39 is 5.91 Å². The molecule has 0 saturated carbocycles. The van der Waals surface area contributed by atoms with Gasteiger partial charge in [0.2, 0.25) is 0 Å². The Kier molecular flexibility index (Phi) is 6.40. The second-order valence-corrected chi connectivity index (χ2v) is 5.79. The van der Waals surface area contributed by atoms with E-state index in [1.54, 1.807) is 25.3 Å². The Morgan fingerprint density at radius 3 is 2.58 bits per heavy atom. The van der Waals surface area contributed by atoms with E-state index in [1.807, 2.05) is 45.0 Å². The number of rotatable bonds is 6. The number of nitriles is 1. The monoisotopic (exact) mass is 350 g/mol. The van der Waals surface area contributed by atoms with E-state index in [0.29, 0.717) is 29.4 Å². The number of carbonyl (C=O) groups excluding carboxylic acids is 1. The average molecular weight is 350 g/mol. The van der Waals surface area contributed by atoms with Crippen LogP contribution in [0.1, 0.15) is 23.6 Å². The maximum atomic E-state index is 12.5. The molecular formula is C21H22N2O3. The summed E-state index contributed by atoms with van der Waals surface area (Å²) in [5, 5.41) is 12.2. The highest BCUT2D eigenvalue weighted by Gasteiger charge is 2.12. The lowest BCUT2D eigenvalue weighted by atomic mass is 10.1. The van der Waals surface area contributed by atoms with Gasteiger partial charge in [-0.25, -0.2) is 0 Å². The van der Waals surface area contributed by atoms with Crippen molar-refractivity contribution < 1.29 is 14.3 Å². The van der Waals surface area contributed by atoms with E-state index in [2.05, 4.69) is 5.32 Å². The topological polar surface area (TPSA) is 71.3 Å². The summed E-state index contributed by atoms with van der Waals surface area (Å²) >= 11 is 0. The molecule has 1 N–H and O–H groups in total. The summed E-state index contributed by atoms with van der Waals surface area (Å²) < 4.78 is 10.8. The van der Waals surface area contributed by atoms with Crippen LogP contribution < -0.4 is 14.8 Å². The third-order valence-corrected chi connectivity index (χ3v) is 3.79. The highest BCUT2D eigenvalue weighted by Crippen LogP contribution is 2.29. The number of ether oxygens (including phenoxy) is 2. The van der Waals surface area contributed by atoms with E-state index in [0.717, 1.165) is 11.1 Å². The number of carbonyl (C=O) groups is 1. The van der Waals surface area contributed by atoms with Gasteiger partial charge in [-0.15, -0.1) is 0 Å². The van der Waals surface area contributed by atoms with Crippen LogP contribution in [0.4, 0.5) is 5.69 Å². The maximum absolute atomic E-state index is 12.5. The number of methoxy groups -OCH3 is 1. The third-order valence-electron chi connectivity index (χ3n) is 3.79. The van der Waals surface area contributed by atoms with Crippen LogP contribution in [0.25, 0.3) is 6.08 Å². The Labute approximate surface area is 153 Å². The molecule has 2 rings (SSSR count). The van der Waals surface area contributed by atoms with Gasteiger partial charge < -0.3 is 14.8 Å². The molecular weight excluding hydrogens is 328 g/mol. The zero-order valence-corrected chi connectivity index (χ0v) is 15.4. The fourth-order valence-corrected chi connectivity index (χ4v) is 2.51. The summed E-state index contributed by atoms with van der Waals surface area (Å²) in [6, 6.07) is 12.9. The van der Waals surface area contributed by atoms with Crippen molar-refractivity contribution in [3.63, 3.8) is 0 Å². The van der Waals surface area contributed by atoms with Crippen molar-refractivity contribution in [3.8, 4) is 17.6 Å². The van der Waals surface area contributed by atoms with Gasteiger partial charge in [0, 0.05) is 5.69 Å². The molecule has 0 saturated heterocycles. The minimum absolute atomic E-state index is 0.0104. The molecule has 0 bridgehead atoms. The molecule has 2 aromatic carbocycles. The molecule has 26 heavy (non-hydrogen) atoms. The van der Waals surface area contributed by atoms with Crippen LogP contribution >= 0.6 is 0 Å². The van der Waals surface area contributed by atoms with Crippen LogP contribution in [0.3, 0.4) is 0 Å². The van der Waals surface area contributed by atoms with Crippen LogP contribution in [0.2, 0.25) is 0 Å². The quantitative estimate of drug-likeness (QED) is 0.624. The van der Waals surface area contributed by atoms with E-state index in [9.17, 15) is 10.1 Å². The zero-order chi connectivity index (χ0) is 19.1. The number of nitrogens with zero attached hydrogens (tertiary/aromatic N) is 1. The largest absolute Gasteiger partial charge is 0.493 e. The molecule has 0 unspecified atom stereocenters. The highest BCUT2D eigenvalue weighted by molar-refractivity contribution is 6.10. The normalized spacial score (nSPS) is 10.8. The number of hydrogen-bond donors (Lipinski definition) is 1. The summed E-state index contributed by atoms with van der Waals surface area (Å²) in [6.07, 6.45) is 1.52. The summed E-state index contributed by atoms with van der Waals surface area (Å²) in [7, 11) is 1.55. The van der Waals surface area contributed by atoms with Crippen LogP contribution in [0.5, 0.6) is 11.5 Å². The molecule has 0 fully saturated rings. The standard InChI is InChI=1S/C21H22N2O3/c1-5-26-19-9-7-16(12-20(19)25-4)11-17(13-22)21(24)23-18-8-6-14(2)10-15(18)3/h6-12H,5H2,1-4H3,(H,23,24)/b17-11-. The lowest BCUT2D eigenvalue weighted by Gasteiger charge is -2.10. The smallest absolute Gasteiger partial charge is 0.266 e. The summed E-state index contributed by atoms with van der Waals surface area (Å²) in [5.74, 6) is 0.713. The molecule has 0 heterocycles. The van der Waals surface area contributed by atoms with Gasteiger partial charge in [0.05, 0.1) is 13.7 Å². The molecule has 0 aromatic heterocycles. The van der Waals surface area contributed by atoms with E-state index >= 15 is 0 Å². The first-order valence-electron chi connectivity index (χ1n) is 8.29. The summed E-state index contributed by atoms with van der Waals surface area (Å²) in [4.78, 5) is 12.5. The average Bonchev–Trinajstić information content (AvgIpc) is 2.63. The Morgan fingerprint density at radius 2 is 1.96 bits per heavy atom. The molecule has 0 spiro atoms. The minimum atomic E-state index is -0.452. The van der Waals surface area contributed by atoms with Crippen molar-refractivity contribution in [2.24, 2.45) is 0 Å². The second-order valence-electron chi connectivity index (χ2n) is 5.79. The molecule has 2 aromatic rings. The van der Waals surface area contributed by atoms with Gasteiger partial charge in [-0.05, 0) is 56.2 Å². The number of nitrogens with one attached hydrogen (secondary N) is 1. The molecule has 0 atom stereocenters. The van der Waals surface area contributed by atoms with Gasteiger partial charge in [-0.1, -0.05) is 23.8 Å². The fourth-order valence-electron chi connectivity index (χ4n) is 2.51. The number of aryl methyl sites for hydroxylation is 2. The first-order chi connectivity index (χ1) is 12.5. The first kappa shape index (κ1) is 19.1. The van der Waals surface area contributed by atoms with Gasteiger partial charge in [0.1, 0.15) is 11.6 Å². The van der Waals surface area contributed by atoms with Gasteiger partial charge in [0.15, 0.2) is 11.5 Å². The van der Waals surface area contributed by atoms with Crippen molar-refractivity contribution in [2.45, 2.75) is 20.8 Å². The molecule has 0 radical (unpaired) electrons. The second kappa shape index (κ2) is 8.72. The van der Waals surface area contributed by atoms with E-state index in [1.165, 1.54) is 6.08 Å². The maximum Gasteiger partial charge on any atom is 0.266 e. The third kappa shape index (κ3) is 4.64. The zero-order valence-electron chi connectivity index (χ0n) is 15.4. The number of hydrogen-bond acceptors (Lipinski definition) is 4. The van der Waals surface area contributed by atoms with Crippen molar-refractivity contribution in [1.29, 1.82) is 5.26 Å². The molecule has 5 nitrogen and oxygen atoms in total. The van der Waals surface area contributed by atoms with Crippen molar-refractivity contribution >= 4 is 17.7 Å². The van der Waals surface area contributed by atoms with Crippen molar-refractivity contribution in [1.82, 2.24) is 0 Å². The van der Waals surface area contributed by atoms with E-state index in [-0.39, 0.29) is 5.57 Å². The fraction of sp³-hybridized carbons (Fsp3) is 0.238. The van der Waals surface area contributed by atoms with Crippen molar-refractivity contribution in [3.05, 3.63) is 58.7 Å². The molecule has 134 valence electrons. The predicted molar refractivity (Wildman–Crippen MR) is 102 cm³/mol. The van der Waals surface area contributed by atoms with Gasteiger partial charge in [-0.3, -0.25) is 4.79 Å². The number of amides is 1. The Hall–Kier alpha value is -3.26. The molecule has 0 aliphatic carbocycles. The van der Waals surface area contributed by atoms with Gasteiger partial charge >= 0.3 is 0 Å². The number of benzene rings is 2. The van der Waals surface area contributed by atoms with Crippen molar-refractivity contribution in [2.75, 3.05) is 19.0 Å². The lowest BCUT2D eigenvalue weighted by Crippen LogP contribution is -2.14. The summed E-state index contributed by atoms with van der Waals surface area (Å²) in [6.45, 7) is 6.31. The van der Waals surface area contributed by atoms with Gasteiger partial charge in [-0.2, -0.15) is 5.26 Å². The first-order valence-corrected chi connectivity index (χ1v) is 8.29. The predicted octanol–water partition coefficient (Wildman–Crippen LogP) is 4.26. The van der Waals surface area contributed by atoms with Crippen LogP contribution in [-0.4, -0.2) is 19.6 Å². The highest BCUT2D eigenvalue weighted by atomic mass is 16.5. The lowest BCUT2D eigenvalue weighted by molar-refractivity contribution is -0.112. The molecule has 1 amide bonds. The van der Waals surface area contributed by atoms with Crippen LogP contribution in [0, 0.1) is 25.2 Å². The molecule has 0 aliphatic rings. The minimum Gasteiger partial charge on any atom is -0.493 e. The van der Waals surface area contributed by atoms with Gasteiger partial charge in [0.25, 0.3) is 5.91 Å². The van der Waals surface area contributed by atoms with E-state index in [4.69, 9.17) is 9.47 Å². The van der Waals surface area contributed by atoms with Crippen LogP contribution in [0.15, 0.2) is 42.0 Å².